The van der Waals surface area contributed by atoms with Gasteiger partial charge in [-0.2, -0.15) is 0 Å². The van der Waals surface area contributed by atoms with Crippen LogP contribution in [0.5, 0.6) is 0 Å². The summed E-state index contributed by atoms with van der Waals surface area (Å²) in [7, 11) is 0. The molecule has 10 heteroatoms. The molecule has 2 heterocycles. The minimum absolute atomic E-state index is 0.129. The molecule has 0 unspecified atom stereocenters. The van der Waals surface area contributed by atoms with Crippen molar-refractivity contribution in [1.29, 1.82) is 0 Å². The smallest absolute Gasteiger partial charge is 0.235 e. The average Bonchev–Trinajstić information content (AvgIpc) is 3.11. The largest absolute Gasteiger partial charge is 0.374 e. The number of fused-ring (bicyclic) bond motifs is 1. The third-order valence-electron chi connectivity index (χ3n) is 4.58. The molecule has 3 N–H and O–H groups in total. The van der Waals surface area contributed by atoms with E-state index in [-0.39, 0.29) is 17.5 Å². The molecular weight excluding hydrogens is 435 g/mol. The van der Waals surface area contributed by atoms with Gasteiger partial charge in [-0.1, -0.05) is 54.3 Å². The number of nitrogens with zero attached hydrogens (tertiary/aromatic N) is 4. The lowest BCUT2D eigenvalue weighted by atomic mass is 9.91. The number of amides is 1. The van der Waals surface area contributed by atoms with Crippen LogP contribution in [0.4, 0.5) is 20.9 Å². The number of benzene rings is 2. The Bertz CT molecular complexity index is 1160. The summed E-state index contributed by atoms with van der Waals surface area (Å²) in [5, 5.41) is 11.0. The van der Waals surface area contributed by atoms with Gasteiger partial charge in [0.15, 0.2) is 4.34 Å². The van der Waals surface area contributed by atoms with Gasteiger partial charge >= 0.3 is 0 Å². The van der Waals surface area contributed by atoms with Crippen LogP contribution in [0.25, 0.3) is 0 Å². The van der Waals surface area contributed by atoms with Crippen LogP contribution in [0, 0.1) is 5.82 Å². The zero-order chi connectivity index (χ0) is 21.8. The maximum atomic E-state index is 13.5. The molecule has 0 spiro atoms. The van der Waals surface area contributed by atoms with Gasteiger partial charge in [0.2, 0.25) is 11.0 Å². The summed E-state index contributed by atoms with van der Waals surface area (Å²) in [6.45, 7) is 2.00. The van der Waals surface area contributed by atoms with Gasteiger partial charge in [0.25, 0.3) is 0 Å². The SMILES string of the molecule is CCC1=Nc2ccccc2N=C(NC(=O)CSc2nnc(N)s2)[C@H]1c1ccc(F)cc1. The Morgan fingerprint density at radius 3 is 2.48 bits per heavy atom. The molecule has 1 aliphatic rings. The number of aromatic nitrogens is 2. The predicted molar refractivity (Wildman–Crippen MR) is 123 cm³/mol. The summed E-state index contributed by atoms with van der Waals surface area (Å²) in [6.07, 6.45) is 0.643. The molecule has 0 bridgehead atoms. The van der Waals surface area contributed by atoms with Crippen molar-refractivity contribution in [3.05, 3.63) is 59.9 Å². The van der Waals surface area contributed by atoms with Crippen molar-refractivity contribution in [2.75, 3.05) is 11.5 Å². The summed E-state index contributed by atoms with van der Waals surface area (Å²) < 4.78 is 14.2. The summed E-state index contributed by atoms with van der Waals surface area (Å²) in [5.41, 5.74) is 8.63. The first-order valence-electron chi connectivity index (χ1n) is 9.55. The number of anilines is 1. The lowest BCUT2D eigenvalue weighted by Gasteiger charge is -2.20. The van der Waals surface area contributed by atoms with Crippen molar-refractivity contribution < 1.29 is 9.18 Å². The number of para-hydroxylation sites is 2. The van der Waals surface area contributed by atoms with E-state index in [9.17, 15) is 9.18 Å². The Morgan fingerprint density at radius 1 is 1.13 bits per heavy atom. The van der Waals surface area contributed by atoms with Gasteiger partial charge < -0.3 is 11.1 Å². The Morgan fingerprint density at radius 2 is 1.84 bits per heavy atom. The van der Waals surface area contributed by atoms with Gasteiger partial charge in [0, 0.05) is 5.71 Å². The van der Waals surface area contributed by atoms with E-state index in [0.29, 0.717) is 27.4 Å². The first kappa shape index (κ1) is 21.1. The third kappa shape index (κ3) is 4.97. The van der Waals surface area contributed by atoms with Crippen molar-refractivity contribution in [3.8, 4) is 0 Å². The maximum Gasteiger partial charge on any atom is 0.235 e. The molecule has 7 nitrogen and oxygen atoms in total. The molecule has 1 aromatic heterocycles. The predicted octanol–water partition coefficient (Wildman–Crippen LogP) is 4.48. The molecule has 0 saturated carbocycles. The molecule has 1 aliphatic heterocycles. The van der Waals surface area contributed by atoms with E-state index < -0.39 is 5.92 Å². The van der Waals surface area contributed by atoms with E-state index >= 15 is 0 Å². The van der Waals surface area contributed by atoms with Crippen LogP contribution >= 0.6 is 23.1 Å². The lowest BCUT2D eigenvalue weighted by molar-refractivity contribution is -0.117. The first-order chi connectivity index (χ1) is 15.0. The fourth-order valence-electron chi connectivity index (χ4n) is 3.20. The van der Waals surface area contributed by atoms with Crippen molar-refractivity contribution in [3.63, 3.8) is 0 Å². The minimum atomic E-state index is -0.399. The van der Waals surface area contributed by atoms with Crippen LogP contribution in [-0.4, -0.2) is 33.4 Å². The van der Waals surface area contributed by atoms with E-state index in [1.165, 1.54) is 35.2 Å². The van der Waals surface area contributed by atoms with Crippen LogP contribution in [0.15, 0.2) is 62.9 Å². The van der Waals surface area contributed by atoms with E-state index in [2.05, 4.69) is 15.5 Å². The topological polar surface area (TPSA) is 106 Å². The molecule has 2 aromatic carbocycles. The van der Waals surface area contributed by atoms with Crippen LogP contribution in [0.2, 0.25) is 0 Å². The second-order valence-corrected chi connectivity index (χ2v) is 8.90. The fraction of sp³-hybridized carbons (Fsp3) is 0.190. The van der Waals surface area contributed by atoms with Gasteiger partial charge in [0.05, 0.1) is 23.0 Å². The molecule has 0 radical (unpaired) electrons. The van der Waals surface area contributed by atoms with E-state index in [0.717, 1.165) is 17.0 Å². The van der Waals surface area contributed by atoms with Gasteiger partial charge in [-0.3, -0.25) is 9.79 Å². The number of amidine groups is 1. The minimum Gasteiger partial charge on any atom is -0.374 e. The molecule has 158 valence electrons. The molecule has 1 amide bonds. The summed E-state index contributed by atoms with van der Waals surface area (Å²) in [4.78, 5) is 22.3. The molecule has 31 heavy (non-hydrogen) atoms. The summed E-state index contributed by atoms with van der Waals surface area (Å²) in [6, 6.07) is 13.7. The Labute approximate surface area is 186 Å². The molecule has 3 aromatic rings. The van der Waals surface area contributed by atoms with Crippen molar-refractivity contribution >= 4 is 57.1 Å². The number of aliphatic imine (C=N–C) groups is 2. The van der Waals surface area contributed by atoms with Gasteiger partial charge in [-0.25, -0.2) is 9.38 Å². The summed E-state index contributed by atoms with van der Waals surface area (Å²) >= 11 is 2.48. The molecule has 0 fully saturated rings. The highest BCUT2D eigenvalue weighted by Crippen LogP contribution is 2.35. The molecule has 4 rings (SSSR count). The molecular formula is C21H19FN6OS2. The van der Waals surface area contributed by atoms with E-state index in [4.69, 9.17) is 15.7 Å². The molecule has 1 atom stereocenters. The first-order valence-corrected chi connectivity index (χ1v) is 11.4. The van der Waals surface area contributed by atoms with Crippen LogP contribution in [0.1, 0.15) is 24.8 Å². The summed E-state index contributed by atoms with van der Waals surface area (Å²) in [5.74, 6) is -0.377. The average molecular weight is 455 g/mol. The molecule has 0 aliphatic carbocycles. The zero-order valence-corrected chi connectivity index (χ0v) is 18.2. The monoisotopic (exact) mass is 454 g/mol. The highest BCUT2D eigenvalue weighted by atomic mass is 32.2. The number of carbonyl (C=O) groups excluding carboxylic acids is 1. The second-order valence-electron chi connectivity index (χ2n) is 6.67. The second kappa shape index (κ2) is 9.36. The van der Waals surface area contributed by atoms with E-state index in [1.54, 1.807) is 12.1 Å². The highest BCUT2D eigenvalue weighted by Gasteiger charge is 2.28. The van der Waals surface area contributed by atoms with Crippen molar-refractivity contribution in [2.24, 2.45) is 9.98 Å². The quantitative estimate of drug-likeness (QED) is 0.553. The van der Waals surface area contributed by atoms with Gasteiger partial charge in [0.1, 0.15) is 11.7 Å². The number of nitrogens with one attached hydrogen (secondary N) is 1. The number of nitrogens with two attached hydrogens (primary N) is 1. The number of carbonyl (C=O) groups is 1. The van der Waals surface area contributed by atoms with Gasteiger partial charge in [-0.05, 0) is 36.2 Å². The number of nitrogen functional groups attached to an aromatic ring is 1. The maximum absolute atomic E-state index is 13.5. The van der Waals surface area contributed by atoms with Crippen molar-refractivity contribution in [2.45, 2.75) is 23.6 Å². The third-order valence-corrected chi connectivity index (χ3v) is 6.46. The fourth-order valence-corrected chi connectivity index (χ4v) is 4.63. The van der Waals surface area contributed by atoms with Crippen LogP contribution in [-0.2, 0) is 4.79 Å². The number of halogens is 1. The molecule has 0 saturated heterocycles. The number of thioether (sulfide) groups is 1. The standard InChI is InChI=1S/C21H19FN6OS2/c1-2-14-18(12-7-9-13(22)10-8-12)19(25-16-6-4-3-5-15(16)24-14)26-17(29)11-30-21-28-27-20(23)31-21/h3-10,18H,2,11H2,1H3,(H2,23,27)(H,25,26,29)/t18-/m0/s1. The van der Waals surface area contributed by atoms with E-state index in [1.807, 2.05) is 31.2 Å². The number of hydrogen-bond acceptors (Lipinski definition) is 8. The van der Waals surface area contributed by atoms with Crippen molar-refractivity contribution in [1.82, 2.24) is 15.5 Å². The number of rotatable bonds is 5. The Kier molecular flexibility index (Phi) is 6.38. The highest BCUT2D eigenvalue weighted by molar-refractivity contribution is 8.01. The van der Waals surface area contributed by atoms with Gasteiger partial charge in [-0.15, -0.1) is 10.2 Å². The zero-order valence-electron chi connectivity index (χ0n) is 16.6. The number of hydrogen-bond donors (Lipinski definition) is 2. The Balaban J connectivity index is 1.66. The van der Waals surface area contributed by atoms with Crippen LogP contribution < -0.4 is 11.1 Å². The van der Waals surface area contributed by atoms with Crippen LogP contribution in [0.3, 0.4) is 0 Å². The normalized spacial score (nSPS) is 15.5. The Hall–Kier alpha value is -3.11. The lowest BCUT2D eigenvalue weighted by Crippen LogP contribution is -2.38.